The van der Waals surface area contributed by atoms with Crippen LogP contribution in [0.3, 0.4) is 0 Å². The average Bonchev–Trinajstić information content (AvgIpc) is 2.16. The van der Waals surface area contributed by atoms with Crippen molar-refractivity contribution in [3.05, 3.63) is 30.9 Å². The number of benzene rings is 1. The number of rotatable bonds is 3. The van der Waals surface area contributed by atoms with Gasteiger partial charge in [-0.25, -0.2) is 0 Å². The summed E-state index contributed by atoms with van der Waals surface area (Å²) in [5.74, 6) is 1.03. The zero-order valence-corrected chi connectivity index (χ0v) is 6.74. The van der Waals surface area contributed by atoms with Crippen LogP contribution in [0.15, 0.2) is 18.2 Å². The SMILES string of the molecule is [CH2]Oc1ccc(C=O)cc1OC. The fourth-order valence-electron chi connectivity index (χ4n) is 0.877. The van der Waals surface area contributed by atoms with Crippen LogP contribution in [0, 0.1) is 7.11 Å². The Morgan fingerprint density at radius 3 is 2.67 bits per heavy atom. The van der Waals surface area contributed by atoms with Gasteiger partial charge in [0, 0.05) is 5.56 Å². The average molecular weight is 165 g/mol. The highest BCUT2D eigenvalue weighted by Crippen LogP contribution is 2.26. The monoisotopic (exact) mass is 165 g/mol. The standard InChI is InChI=1S/C9H9O3/c1-11-8-4-3-7(6-10)5-9(8)12-2/h3-6H,1H2,2H3. The maximum atomic E-state index is 10.4. The first-order chi connectivity index (χ1) is 5.81. The normalized spacial score (nSPS) is 9.17. The molecule has 0 unspecified atom stereocenters. The van der Waals surface area contributed by atoms with Crippen molar-refractivity contribution in [3.63, 3.8) is 0 Å². The van der Waals surface area contributed by atoms with Crippen LogP contribution in [0.5, 0.6) is 11.5 Å². The molecule has 63 valence electrons. The van der Waals surface area contributed by atoms with Gasteiger partial charge >= 0.3 is 0 Å². The highest BCUT2D eigenvalue weighted by Gasteiger charge is 2.02. The molecule has 3 nitrogen and oxygen atoms in total. The molecule has 0 N–H and O–H groups in total. The van der Waals surface area contributed by atoms with Gasteiger partial charge in [-0.2, -0.15) is 0 Å². The number of hydrogen-bond acceptors (Lipinski definition) is 3. The molecule has 0 fully saturated rings. The van der Waals surface area contributed by atoms with Crippen molar-refractivity contribution in [3.8, 4) is 11.5 Å². The predicted molar refractivity (Wildman–Crippen MR) is 44.4 cm³/mol. The van der Waals surface area contributed by atoms with E-state index in [0.717, 1.165) is 6.29 Å². The topological polar surface area (TPSA) is 35.5 Å². The van der Waals surface area contributed by atoms with Crippen LogP contribution in [-0.4, -0.2) is 13.4 Å². The fourth-order valence-corrected chi connectivity index (χ4v) is 0.877. The summed E-state index contributed by atoms with van der Waals surface area (Å²) < 4.78 is 9.70. The summed E-state index contributed by atoms with van der Waals surface area (Å²) >= 11 is 0. The second kappa shape index (κ2) is 3.76. The smallest absolute Gasteiger partial charge is 0.161 e. The molecule has 0 aliphatic rings. The molecule has 0 saturated carbocycles. The lowest BCUT2D eigenvalue weighted by Gasteiger charge is -2.06. The predicted octanol–water partition coefficient (Wildman–Crippen LogP) is 1.68. The van der Waals surface area contributed by atoms with Crippen molar-refractivity contribution < 1.29 is 14.3 Å². The Balaban J connectivity index is 3.10. The van der Waals surface area contributed by atoms with Gasteiger partial charge in [0.05, 0.1) is 7.11 Å². The van der Waals surface area contributed by atoms with E-state index in [-0.39, 0.29) is 0 Å². The Kier molecular flexibility index (Phi) is 2.69. The maximum absolute atomic E-state index is 10.4. The molecule has 3 heteroatoms. The molecule has 0 spiro atoms. The Labute approximate surface area is 70.9 Å². The van der Waals surface area contributed by atoms with Gasteiger partial charge in [0.1, 0.15) is 13.4 Å². The summed E-state index contributed by atoms with van der Waals surface area (Å²) in [4.78, 5) is 10.4. The second-order valence-electron chi connectivity index (χ2n) is 2.17. The van der Waals surface area contributed by atoms with Gasteiger partial charge in [-0.15, -0.1) is 0 Å². The fraction of sp³-hybridized carbons (Fsp3) is 0.111. The zero-order chi connectivity index (χ0) is 8.97. The minimum Gasteiger partial charge on any atom is -0.493 e. The number of methoxy groups -OCH3 is 1. The third-order valence-electron chi connectivity index (χ3n) is 1.48. The van der Waals surface area contributed by atoms with E-state index in [0.29, 0.717) is 17.1 Å². The van der Waals surface area contributed by atoms with Crippen molar-refractivity contribution in [2.45, 2.75) is 0 Å². The van der Waals surface area contributed by atoms with E-state index in [1.54, 1.807) is 18.2 Å². The molecule has 0 atom stereocenters. The molecule has 1 radical (unpaired) electrons. The minimum absolute atomic E-state index is 0.509. The number of carbonyl (C=O) groups is 1. The highest BCUT2D eigenvalue weighted by atomic mass is 16.5. The van der Waals surface area contributed by atoms with Crippen LogP contribution in [-0.2, 0) is 0 Å². The molecule has 0 aliphatic carbocycles. The maximum Gasteiger partial charge on any atom is 0.161 e. The van der Waals surface area contributed by atoms with E-state index >= 15 is 0 Å². The van der Waals surface area contributed by atoms with Gasteiger partial charge < -0.3 is 9.47 Å². The van der Waals surface area contributed by atoms with Gasteiger partial charge in [-0.3, -0.25) is 4.79 Å². The Hall–Kier alpha value is -1.51. The summed E-state index contributed by atoms with van der Waals surface area (Å²) in [7, 11) is 4.76. The first kappa shape index (κ1) is 8.59. The molecule has 12 heavy (non-hydrogen) atoms. The molecule has 1 aromatic carbocycles. The van der Waals surface area contributed by atoms with Crippen LogP contribution in [0.25, 0.3) is 0 Å². The van der Waals surface area contributed by atoms with E-state index in [1.807, 2.05) is 0 Å². The molecule has 0 aromatic heterocycles. The van der Waals surface area contributed by atoms with Crippen molar-refractivity contribution in [1.82, 2.24) is 0 Å². The summed E-state index contributed by atoms with van der Waals surface area (Å²) in [5, 5.41) is 0. The van der Waals surface area contributed by atoms with E-state index < -0.39 is 0 Å². The van der Waals surface area contributed by atoms with Crippen LogP contribution in [0.2, 0.25) is 0 Å². The molecule has 1 rings (SSSR count). The molecule has 1 aromatic rings. The lowest BCUT2D eigenvalue weighted by molar-refractivity contribution is 0.112. The second-order valence-corrected chi connectivity index (χ2v) is 2.17. The summed E-state index contributed by atoms with van der Waals surface area (Å²) in [5.41, 5.74) is 0.549. The molecule has 0 bridgehead atoms. The molecule has 0 saturated heterocycles. The highest BCUT2D eigenvalue weighted by molar-refractivity contribution is 5.76. The molecular formula is C9H9O3. The van der Waals surface area contributed by atoms with Crippen molar-refractivity contribution in [2.75, 3.05) is 7.11 Å². The van der Waals surface area contributed by atoms with E-state index in [9.17, 15) is 4.79 Å². The molecule has 0 amide bonds. The molecular weight excluding hydrogens is 156 g/mol. The Bertz CT molecular complexity index is 281. The molecule has 0 aliphatic heterocycles. The van der Waals surface area contributed by atoms with Crippen LogP contribution >= 0.6 is 0 Å². The third-order valence-corrected chi connectivity index (χ3v) is 1.48. The largest absolute Gasteiger partial charge is 0.493 e. The van der Waals surface area contributed by atoms with E-state index in [4.69, 9.17) is 9.47 Å². The number of hydrogen-bond donors (Lipinski definition) is 0. The zero-order valence-electron chi connectivity index (χ0n) is 6.74. The van der Waals surface area contributed by atoms with Crippen molar-refractivity contribution in [2.24, 2.45) is 0 Å². The summed E-state index contributed by atoms with van der Waals surface area (Å²) in [6, 6.07) is 4.86. The minimum atomic E-state index is 0.509. The van der Waals surface area contributed by atoms with Crippen LogP contribution in [0.1, 0.15) is 10.4 Å². The van der Waals surface area contributed by atoms with Gasteiger partial charge in [0.2, 0.25) is 0 Å². The summed E-state index contributed by atoms with van der Waals surface area (Å²) in [6.07, 6.45) is 0.745. The Morgan fingerprint density at radius 2 is 2.17 bits per heavy atom. The first-order valence-corrected chi connectivity index (χ1v) is 3.37. The van der Waals surface area contributed by atoms with Gasteiger partial charge in [-0.1, -0.05) is 0 Å². The first-order valence-electron chi connectivity index (χ1n) is 3.37. The number of ether oxygens (including phenoxy) is 2. The lowest BCUT2D eigenvalue weighted by atomic mass is 10.2. The molecule has 0 heterocycles. The number of carbonyl (C=O) groups excluding carboxylic acids is 1. The van der Waals surface area contributed by atoms with Crippen molar-refractivity contribution >= 4 is 6.29 Å². The van der Waals surface area contributed by atoms with Gasteiger partial charge in [-0.05, 0) is 18.2 Å². The van der Waals surface area contributed by atoms with Crippen LogP contribution < -0.4 is 9.47 Å². The van der Waals surface area contributed by atoms with E-state index in [2.05, 4.69) is 7.11 Å². The van der Waals surface area contributed by atoms with Gasteiger partial charge in [0.25, 0.3) is 0 Å². The number of aldehydes is 1. The summed E-state index contributed by atoms with van der Waals surface area (Å²) in [6.45, 7) is 0. The Morgan fingerprint density at radius 1 is 1.42 bits per heavy atom. The van der Waals surface area contributed by atoms with Crippen LogP contribution in [0.4, 0.5) is 0 Å². The quantitative estimate of drug-likeness (QED) is 0.639. The lowest BCUT2D eigenvalue weighted by Crippen LogP contribution is -1.90. The van der Waals surface area contributed by atoms with Crippen molar-refractivity contribution in [1.29, 1.82) is 0 Å². The van der Waals surface area contributed by atoms with E-state index in [1.165, 1.54) is 7.11 Å². The third kappa shape index (κ3) is 1.56. The van der Waals surface area contributed by atoms with Gasteiger partial charge in [0.15, 0.2) is 11.5 Å².